The molecule has 1 aromatic carbocycles. The number of benzene rings is 1. The van der Waals surface area contributed by atoms with E-state index in [9.17, 15) is 14.4 Å². The zero-order valence-electron chi connectivity index (χ0n) is 13.4. The van der Waals surface area contributed by atoms with Gasteiger partial charge < -0.3 is 15.3 Å². The molecule has 1 aliphatic rings. The molecular formula is C16H19ClN2O4S. The predicted octanol–water partition coefficient (Wildman–Crippen LogP) is 2.85. The molecule has 0 bridgehead atoms. The first-order chi connectivity index (χ1) is 11.3. The minimum atomic E-state index is -0.955. The van der Waals surface area contributed by atoms with Crippen molar-refractivity contribution in [1.29, 1.82) is 0 Å². The van der Waals surface area contributed by atoms with Gasteiger partial charge in [-0.2, -0.15) is 0 Å². The van der Waals surface area contributed by atoms with Crippen LogP contribution in [0.1, 0.15) is 26.7 Å². The Morgan fingerprint density at radius 3 is 2.75 bits per heavy atom. The van der Waals surface area contributed by atoms with Crippen LogP contribution in [0.4, 0.5) is 5.69 Å². The maximum atomic E-state index is 12.5. The lowest BCUT2D eigenvalue weighted by atomic mass is 10.2. The van der Waals surface area contributed by atoms with E-state index >= 15 is 0 Å². The summed E-state index contributed by atoms with van der Waals surface area (Å²) >= 11 is 7.23. The van der Waals surface area contributed by atoms with Crippen LogP contribution < -0.4 is 5.32 Å². The summed E-state index contributed by atoms with van der Waals surface area (Å²) in [6.07, 6.45) is -0.0916. The summed E-state index contributed by atoms with van der Waals surface area (Å²) < 4.78 is 0. The monoisotopic (exact) mass is 370 g/mol. The molecule has 8 heteroatoms. The molecule has 24 heavy (non-hydrogen) atoms. The summed E-state index contributed by atoms with van der Waals surface area (Å²) in [7, 11) is 0. The van der Waals surface area contributed by atoms with Gasteiger partial charge in [0.15, 0.2) is 0 Å². The molecule has 1 aliphatic heterocycles. The normalized spacial score (nSPS) is 16.5. The first-order valence-electron chi connectivity index (χ1n) is 7.56. The maximum Gasteiger partial charge on any atom is 0.305 e. The number of carbonyl (C=O) groups is 3. The van der Waals surface area contributed by atoms with E-state index in [0.717, 1.165) is 4.90 Å². The van der Waals surface area contributed by atoms with Crippen LogP contribution in [-0.2, 0) is 14.4 Å². The Labute approximate surface area is 149 Å². The highest BCUT2D eigenvalue weighted by Gasteiger charge is 2.31. The molecule has 1 aromatic rings. The summed E-state index contributed by atoms with van der Waals surface area (Å²) in [6, 6.07) is 5.09. The van der Waals surface area contributed by atoms with Gasteiger partial charge in [-0.05, 0) is 32.0 Å². The van der Waals surface area contributed by atoms with Crippen LogP contribution in [0, 0.1) is 0 Å². The van der Waals surface area contributed by atoms with Gasteiger partial charge in [-0.15, -0.1) is 11.8 Å². The maximum absolute atomic E-state index is 12.5. The molecule has 2 amide bonds. The van der Waals surface area contributed by atoms with Crippen molar-refractivity contribution in [2.45, 2.75) is 42.9 Å². The fourth-order valence-corrected chi connectivity index (χ4v) is 3.67. The molecular weight excluding hydrogens is 352 g/mol. The largest absolute Gasteiger partial charge is 0.481 e. The molecule has 130 valence electrons. The number of fused-ring (bicyclic) bond motifs is 1. The molecule has 2 rings (SSSR count). The molecule has 0 spiro atoms. The standard InChI is InChI=1S/C16H19ClN2O4S/c1-9(2)19(6-5-15(21)22)14(20)8-13-16(23)18-11-7-10(17)3-4-12(11)24-13/h3-4,7,9,13H,5-6,8H2,1-2H3,(H,18,23)(H,21,22). The molecule has 0 radical (unpaired) electrons. The number of rotatable bonds is 6. The Balaban J connectivity index is 2.06. The van der Waals surface area contributed by atoms with Crippen LogP contribution in [0.15, 0.2) is 23.1 Å². The first-order valence-corrected chi connectivity index (χ1v) is 8.82. The van der Waals surface area contributed by atoms with Gasteiger partial charge in [0.25, 0.3) is 0 Å². The first kappa shape index (κ1) is 18.6. The van der Waals surface area contributed by atoms with Crippen molar-refractivity contribution in [2.24, 2.45) is 0 Å². The minimum absolute atomic E-state index is 0.0242. The number of hydrogen-bond acceptors (Lipinski definition) is 4. The lowest BCUT2D eigenvalue weighted by Gasteiger charge is -2.29. The van der Waals surface area contributed by atoms with Crippen LogP contribution in [0.3, 0.4) is 0 Å². The third-order valence-corrected chi connectivity index (χ3v) is 5.14. The molecule has 6 nitrogen and oxygen atoms in total. The van der Waals surface area contributed by atoms with E-state index in [1.807, 2.05) is 19.9 Å². The predicted molar refractivity (Wildman–Crippen MR) is 93.4 cm³/mol. The smallest absolute Gasteiger partial charge is 0.305 e. The number of carboxylic acid groups (broad SMARTS) is 1. The third kappa shape index (κ3) is 4.64. The second-order valence-electron chi connectivity index (χ2n) is 5.76. The van der Waals surface area contributed by atoms with E-state index in [2.05, 4.69) is 5.32 Å². The van der Waals surface area contributed by atoms with Crippen molar-refractivity contribution in [3.63, 3.8) is 0 Å². The van der Waals surface area contributed by atoms with Gasteiger partial charge in [-0.25, -0.2) is 0 Å². The van der Waals surface area contributed by atoms with Crippen LogP contribution in [0.25, 0.3) is 0 Å². The fraction of sp³-hybridized carbons (Fsp3) is 0.438. The molecule has 1 atom stereocenters. The summed E-state index contributed by atoms with van der Waals surface area (Å²) in [5.41, 5.74) is 0.646. The number of nitrogens with zero attached hydrogens (tertiary/aromatic N) is 1. The van der Waals surface area contributed by atoms with Gasteiger partial charge in [0, 0.05) is 28.9 Å². The van der Waals surface area contributed by atoms with E-state index in [1.165, 1.54) is 16.7 Å². The third-order valence-electron chi connectivity index (χ3n) is 3.63. The van der Waals surface area contributed by atoms with Crippen LogP contribution >= 0.6 is 23.4 Å². The highest BCUT2D eigenvalue weighted by molar-refractivity contribution is 8.01. The Bertz CT molecular complexity index is 665. The van der Waals surface area contributed by atoms with E-state index in [4.69, 9.17) is 16.7 Å². The second kappa shape index (κ2) is 7.90. The summed E-state index contributed by atoms with van der Waals surface area (Å²) in [4.78, 5) is 37.8. The van der Waals surface area contributed by atoms with E-state index in [1.54, 1.807) is 12.1 Å². The molecule has 0 aliphatic carbocycles. The topological polar surface area (TPSA) is 86.7 Å². The summed E-state index contributed by atoms with van der Waals surface area (Å²) in [5.74, 6) is -1.43. The Morgan fingerprint density at radius 2 is 2.12 bits per heavy atom. The lowest BCUT2D eigenvalue weighted by molar-refractivity contribution is -0.139. The molecule has 1 heterocycles. The molecule has 0 saturated carbocycles. The summed E-state index contributed by atoms with van der Waals surface area (Å²) in [6.45, 7) is 3.79. The van der Waals surface area contributed by atoms with Gasteiger partial charge in [0.1, 0.15) is 0 Å². The Hall–Kier alpha value is -1.73. The van der Waals surface area contributed by atoms with Crippen molar-refractivity contribution in [3.8, 4) is 0 Å². The molecule has 0 fully saturated rings. The number of carbonyl (C=O) groups excluding carboxylic acids is 2. The van der Waals surface area contributed by atoms with Crippen molar-refractivity contribution < 1.29 is 19.5 Å². The Kier molecular flexibility index (Phi) is 6.12. The lowest BCUT2D eigenvalue weighted by Crippen LogP contribution is -2.41. The van der Waals surface area contributed by atoms with Crippen LogP contribution in [0.5, 0.6) is 0 Å². The highest BCUT2D eigenvalue weighted by atomic mass is 35.5. The molecule has 0 saturated heterocycles. The number of nitrogens with one attached hydrogen (secondary N) is 1. The van der Waals surface area contributed by atoms with Crippen LogP contribution in [-0.4, -0.2) is 45.6 Å². The van der Waals surface area contributed by atoms with Gasteiger partial charge in [0.05, 0.1) is 17.4 Å². The number of amides is 2. The van der Waals surface area contributed by atoms with Gasteiger partial charge >= 0.3 is 5.97 Å². The van der Waals surface area contributed by atoms with Crippen molar-refractivity contribution in [2.75, 3.05) is 11.9 Å². The van der Waals surface area contributed by atoms with Crippen molar-refractivity contribution >= 4 is 46.8 Å². The number of halogens is 1. The fourth-order valence-electron chi connectivity index (χ4n) is 2.42. The van der Waals surface area contributed by atoms with Crippen molar-refractivity contribution in [3.05, 3.63) is 23.2 Å². The Morgan fingerprint density at radius 1 is 1.42 bits per heavy atom. The zero-order chi connectivity index (χ0) is 17.9. The van der Waals surface area contributed by atoms with Crippen molar-refractivity contribution in [1.82, 2.24) is 4.90 Å². The quantitative estimate of drug-likeness (QED) is 0.804. The van der Waals surface area contributed by atoms with Crippen LogP contribution in [0.2, 0.25) is 5.02 Å². The van der Waals surface area contributed by atoms with E-state index in [-0.39, 0.29) is 37.2 Å². The summed E-state index contributed by atoms with van der Waals surface area (Å²) in [5, 5.41) is 11.6. The van der Waals surface area contributed by atoms with E-state index in [0.29, 0.717) is 10.7 Å². The number of aliphatic carboxylic acids is 1. The average molecular weight is 371 g/mol. The molecule has 0 aromatic heterocycles. The second-order valence-corrected chi connectivity index (χ2v) is 7.45. The zero-order valence-corrected chi connectivity index (χ0v) is 15.0. The average Bonchev–Trinajstić information content (AvgIpc) is 2.47. The number of carboxylic acids is 1. The van der Waals surface area contributed by atoms with Gasteiger partial charge in [-0.3, -0.25) is 14.4 Å². The number of thioether (sulfide) groups is 1. The number of hydrogen-bond donors (Lipinski definition) is 2. The van der Waals surface area contributed by atoms with Gasteiger partial charge in [0.2, 0.25) is 11.8 Å². The minimum Gasteiger partial charge on any atom is -0.481 e. The molecule has 2 N–H and O–H groups in total. The van der Waals surface area contributed by atoms with E-state index < -0.39 is 11.2 Å². The number of anilines is 1. The molecule has 1 unspecified atom stereocenters. The highest BCUT2D eigenvalue weighted by Crippen LogP contribution is 2.38. The van der Waals surface area contributed by atoms with Gasteiger partial charge in [-0.1, -0.05) is 11.6 Å². The SMILES string of the molecule is CC(C)N(CCC(=O)O)C(=O)CC1Sc2ccc(Cl)cc2NC1=O.